The van der Waals surface area contributed by atoms with Crippen molar-refractivity contribution in [1.29, 1.82) is 0 Å². The molecule has 2 aromatic rings. The van der Waals surface area contributed by atoms with Gasteiger partial charge in [0.1, 0.15) is 12.0 Å². The van der Waals surface area contributed by atoms with E-state index in [9.17, 15) is 4.79 Å². The van der Waals surface area contributed by atoms with Crippen LogP contribution in [-0.4, -0.2) is 26.2 Å². The molecule has 0 aliphatic rings. The molecule has 0 saturated heterocycles. The van der Waals surface area contributed by atoms with Crippen LogP contribution in [0.3, 0.4) is 0 Å². The van der Waals surface area contributed by atoms with Crippen LogP contribution < -0.4 is 9.64 Å². The molecule has 0 heterocycles. The van der Waals surface area contributed by atoms with E-state index in [2.05, 4.69) is 30.9 Å². The number of para-hydroxylation sites is 1. The van der Waals surface area contributed by atoms with E-state index in [-0.39, 0.29) is 5.41 Å². The van der Waals surface area contributed by atoms with E-state index < -0.39 is 0 Å². The summed E-state index contributed by atoms with van der Waals surface area (Å²) in [6, 6.07) is 14.1. The predicted octanol–water partition coefficient (Wildman–Crippen LogP) is 6.99. The van der Waals surface area contributed by atoms with Crippen molar-refractivity contribution in [3.63, 3.8) is 0 Å². The maximum Gasteiger partial charge on any atom is 0.138 e. The number of nitrogens with zero attached hydrogens (tertiary/aromatic N) is 1. The lowest BCUT2D eigenvalue weighted by molar-refractivity contribution is -0.115. The first kappa shape index (κ1) is 22.6. The highest BCUT2D eigenvalue weighted by Crippen LogP contribution is 2.43. The third kappa shape index (κ3) is 5.45. The molecule has 152 valence electrons. The van der Waals surface area contributed by atoms with Crippen molar-refractivity contribution in [1.82, 2.24) is 0 Å². The Morgan fingerprint density at radius 3 is 2.50 bits per heavy atom. The number of halogens is 1. The molecule has 5 heteroatoms. The Hall–Kier alpha value is -1.65. The molecule has 0 spiro atoms. The molecule has 0 fully saturated rings. The van der Waals surface area contributed by atoms with Gasteiger partial charge in [-0.3, -0.25) is 0 Å². The van der Waals surface area contributed by atoms with E-state index in [0.717, 1.165) is 54.0 Å². The van der Waals surface area contributed by atoms with Crippen LogP contribution in [0.2, 0.25) is 5.02 Å². The molecule has 3 nitrogen and oxygen atoms in total. The number of aldehydes is 1. The predicted molar refractivity (Wildman–Crippen MR) is 122 cm³/mol. The Balaban J connectivity index is 2.37. The summed E-state index contributed by atoms with van der Waals surface area (Å²) in [4.78, 5) is 15.1. The van der Waals surface area contributed by atoms with Crippen molar-refractivity contribution in [2.24, 2.45) is 5.41 Å². The summed E-state index contributed by atoms with van der Waals surface area (Å²) < 4.78 is 5.44. The third-order valence-electron chi connectivity index (χ3n) is 5.24. The van der Waals surface area contributed by atoms with Crippen LogP contribution in [0.15, 0.2) is 47.4 Å². The summed E-state index contributed by atoms with van der Waals surface area (Å²) in [5.41, 5.74) is 1.79. The van der Waals surface area contributed by atoms with Crippen LogP contribution >= 0.6 is 23.4 Å². The molecular formula is C23H30ClNO2S. The van der Waals surface area contributed by atoms with Gasteiger partial charge >= 0.3 is 0 Å². The number of unbranched alkanes of at least 4 members (excludes halogenated alkanes) is 1. The van der Waals surface area contributed by atoms with Gasteiger partial charge < -0.3 is 14.4 Å². The average Bonchev–Trinajstić information content (AvgIpc) is 2.75. The van der Waals surface area contributed by atoms with E-state index in [1.54, 1.807) is 18.9 Å². The first-order chi connectivity index (χ1) is 13.5. The van der Waals surface area contributed by atoms with E-state index in [0.29, 0.717) is 10.8 Å². The van der Waals surface area contributed by atoms with Gasteiger partial charge in [-0.1, -0.05) is 56.5 Å². The number of anilines is 2. The lowest BCUT2D eigenvalue weighted by Gasteiger charge is -2.28. The molecule has 0 saturated carbocycles. The molecule has 28 heavy (non-hydrogen) atoms. The minimum absolute atomic E-state index is 0.295. The third-order valence-corrected chi connectivity index (χ3v) is 6.89. The zero-order valence-electron chi connectivity index (χ0n) is 17.2. The molecule has 0 aliphatic carbocycles. The van der Waals surface area contributed by atoms with Gasteiger partial charge in [-0.15, -0.1) is 11.8 Å². The van der Waals surface area contributed by atoms with E-state index in [1.807, 2.05) is 37.4 Å². The topological polar surface area (TPSA) is 29.5 Å². The highest BCUT2D eigenvalue weighted by molar-refractivity contribution is 7.99. The van der Waals surface area contributed by atoms with E-state index in [1.165, 1.54) is 0 Å². The Kier molecular flexibility index (Phi) is 8.71. The second kappa shape index (κ2) is 10.8. The largest absolute Gasteiger partial charge is 0.495 e. The first-order valence-corrected chi connectivity index (χ1v) is 11.1. The molecule has 0 aliphatic heterocycles. The van der Waals surface area contributed by atoms with Gasteiger partial charge in [0.15, 0.2) is 0 Å². The normalized spacial score (nSPS) is 13.0. The van der Waals surface area contributed by atoms with Gasteiger partial charge in [0, 0.05) is 28.8 Å². The molecule has 0 N–H and O–H groups in total. The summed E-state index contributed by atoms with van der Waals surface area (Å²) in [7, 11) is 3.65. The molecule has 2 rings (SSSR count). The van der Waals surface area contributed by atoms with E-state index in [4.69, 9.17) is 16.3 Å². The van der Waals surface area contributed by atoms with Gasteiger partial charge in [0.05, 0.1) is 17.8 Å². The van der Waals surface area contributed by atoms with Crippen LogP contribution in [0, 0.1) is 5.41 Å². The molecule has 0 amide bonds. The number of carbonyl (C=O) groups excluding carboxylic acids is 1. The average molecular weight is 420 g/mol. The fourth-order valence-corrected chi connectivity index (χ4v) is 4.76. The number of carbonyl (C=O) groups is 1. The number of hydrogen-bond donors (Lipinski definition) is 0. The van der Waals surface area contributed by atoms with Crippen molar-refractivity contribution in [2.45, 2.75) is 44.4 Å². The standard InChI is InChI=1S/C23H30ClNO2S/c1-5-7-13-23(6-2,16-26)17-28-22-15-21(27-4)19(24)14-20(22)25(3)18-11-9-8-10-12-18/h8-12,14-16H,5-7,13,17H2,1-4H3. The number of ether oxygens (including phenoxy) is 1. The number of thioether (sulfide) groups is 1. The zero-order valence-corrected chi connectivity index (χ0v) is 18.8. The molecule has 2 aromatic carbocycles. The smallest absolute Gasteiger partial charge is 0.138 e. The zero-order chi connectivity index (χ0) is 20.6. The molecule has 1 atom stereocenters. The van der Waals surface area contributed by atoms with Gasteiger partial charge in [0.2, 0.25) is 0 Å². The molecule has 1 unspecified atom stereocenters. The number of benzene rings is 2. The van der Waals surface area contributed by atoms with Crippen LogP contribution in [0.5, 0.6) is 5.75 Å². The van der Waals surface area contributed by atoms with Gasteiger partial charge in [-0.25, -0.2) is 0 Å². The van der Waals surface area contributed by atoms with Crippen molar-refractivity contribution < 1.29 is 9.53 Å². The lowest BCUT2D eigenvalue weighted by Crippen LogP contribution is -2.25. The molecule has 0 bridgehead atoms. The summed E-state index contributed by atoms with van der Waals surface area (Å²) in [6.07, 6.45) is 5.08. The number of rotatable bonds is 11. The summed E-state index contributed by atoms with van der Waals surface area (Å²) in [5, 5.41) is 0.577. The van der Waals surface area contributed by atoms with Crippen LogP contribution in [0.25, 0.3) is 0 Å². The summed E-state index contributed by atoms with van der Waals surface area (Å²) in [5.74, 6) is 1.39. The highest BCUT2D eigenvalue weighted by atomic mass is 35.5. The second-order valence-corrected chi connectivity index (χ2v) is 8.50. The maximum absolute atomic E-state index is 11.9. The van der Waals surface area contributed by atoms with Gasteiger partial charge in [-0.2, -0.15) is 0 Å². The molecular weight excluding hydrogens is 390 g/mol. The fraction of sp³-hybridized carbons (Fsp3) is 0.435. The minimum Gasteiger partial charge on any atom is -0.495 e. The maximum atomic E-state index is 11.9. The van der Waals surface area contributed by atoms with Crippen molar-refractivity contribution in [2.75, 3.05) is 24.8 Å². The highest BCUT2D eigenvalue weighted by Gasteiger charge is 2.28. The number of hydrogen-bond acceptors (Lipinski definition) is 4. The SMILES string of the molecule is CCCCC(C=O)(CC)CSc1cc(OC)c(Cl)cc1N(C)c1ccccc1. The van der Waals surface area contributed by atoms with Gasteiger partial charge in [0.25, 0.3) is 0 Å². The van der Waals surface area contributed by atoms with Crippen molar-refractivity contribution in [3.8, 4) is 5.75 Å². The monoisotopic (exact) mass is 419 g/mol. The Labute approximate surface area is 178 Å². The van der Waals surface area contributed by atoms with Crippen LogP contribution in [-0.2, 0) is 4.79 Å². The Bertz CT molecular complexity index is 769. The summed E-state index contributed by atoms with van der Waals surface area (Å²) in [6.45, 7) is 4.26. The Morgan fingerprint density at radius 1 is 1.21 bits per heavy atom. The van der Waals surface area contributed by atoms with Gasteiger partial charge in [-0.05, 0) is 37.1 Å². The summed E-state index contributed by atoms with van der Waals surface area (Å²) >= 11 is 8.13. The molecule has 0 radical (unpaired) electrons. The van der Waals surface area contributed by atoms with E-state index >= 15 is 0 Å². The van der Waals surface area contributed by atoms with Crippen molar-refractivity contribution in [3.05, 3.63) is 47.5 Å². The number of methoxy groups -OCH3 is 1. The lowest BCUT2D eigenvalue weighted by atomic mass is 9.84. The van der Waals surface area contributed by atoms with Crippen molar-refractivity contribution >= 4 is 41.0 Å². The second-order valence-electron chi connectivity index (χ2n) is 7.08. The molecule has 0 aromatic heterocycles. The fourth-order valence-electron chi connectivity index (χ4n) is 3.13. The Morgan fingerprint density at radius 2 is 1.93 bits per heavy atom. The van der Waals surface area contributed by atoms with Crippen LogP contribution in [0.4, 0.5) is 11.4 Å². The quantitative estimate of drug-likeness (QED) is 0.290. The minimum atomic E-state index is -0.295. The first-order valence-electron chi connectivity index (χ1n) is 9.75. The van der Waals surface area contributed by atoms with Crippen LogP contribution in [0.1, 0.15) is 39.5 Å².